The van der Waals surface area contributed by atoms with E-state index in [0.29, 0.717) is 17.4 Å². The molecule has 3 rings (SSSR count). The molecule has 2 aliphatic heterocycles. The van der Waals surface area contributed by atoms with Crippen LogP contribution in [-0.2, 0) is 0 Å². The van der Waals surface area contributed by atoms with Crippen molar-refractivity contribution in [2.75, 3.05) is 26.2 Å². The molecule has 1 aromatic rings. The number of piperidine rings is 2. The predicted molar refractivity (Wildman–Crippen MR) is 90.1 cm³/mol. The molecule has 1 N–H and O–H groups in total. The van der Waals surface area contributed by atoms with E-state index in [1.807, 2.05) is 12.1 Å². The van der Waals surface area contributed by atoms with Gasteiger partial charge in [-0.2, -0.15) is 0 Å². The fraction of sp³-hybridized carbons (Fsp3) is 0.667. The monoisotopic (exact) mass is 306 g/mol. The summed E-state index contributed by atoms with van der Waals surface area (Å²) in [6.45, 7) is 9.42. The molecule has 21 heavy (non-hydrogen) atoms. The Morgan fingerprint density at radius 2 is 1.81 bits per heavy atom. The second kappa shape index (κ2) is 6.28. The van der Waals surface area contributed by atoms with Gasteiger partial charge in [0.1, 0.15) is 0 Å². The third-order valence-electron chi connectivity index (χ3n) is 5.68. The molecule has 0 amide bonds. The Morgan fingerprint density at radius 3 is 2.43 bits per heavy atom. The molecule has 0 radical (unpaired) electrons. The van der Waals surface area contributed by atoms with Gasteiger partial charge >= 0.3 is 0 Å². The van der Waals surface area contributed by atoms with Crippen LogP contribution in [-0.4, -0.2) is 37.1 Å². The smallest absolute Gasteiger partial charge is 0.0406 e. The Kier molecular flexibility index (Phi) is 4.58. The molecule has 1 atom stereocenters. The van der Waals surface area contributed by atoms with Crippen molar-refractivity contribution >= 4 is 11.6 Å². The van der Waals surface area contributed by atoms with Crippen LogP contribution in [0.2, 0.25) is 5.02 Å². The van der Waals surface area contributed by atoms with E-state index in [4.69, 9.17) is 11.6 Å². The van der Waals surface area contributed by atoms with E-state index in [1.54, 1.807) is 0 Å². The molecular weight excluding hydrogens is 280 g/mol. The third kappa shape index (κ3) is 3.13. The maximum absolute atomic E-state index is 6.06. The minimum Gasteiger partial charge on any atom is -0.316 e. The van der Waals surface area contributed by atoms with Crippen molar-refractivity contribution in [1.29, 1.82) is 0 Å². The maximum Gasteiger partial charge on any atom is 0.0406 e. The van der Waals surface area contributed by atoms with Crippen LogP contribution in [0.5, 0.6) is 0 Å². The van der Waals surface area contributed by atoms with Crippen molar-refractivity contribution in [1.82, 2.24) is 10.2 Å². The fourth-order valence-corrected chi connectivity index (χ4v) is 4.35. The van der Waals surface area contributed by atoms with Crippen molar-refractivity contribution in [2.24, 2.45) is 5.41 Å². The Hall–Kier alpha value is -0.570. The van der Waals surface area contributed by atoms with Gasteiger partial charge in [-0.15, -0.1) is 0 Å². The highest BCUT2D eigenvalue weighted by Gasteiger charge is 2.43. The Morgan fingerprint density at radius 1 is 1.14 bits per heavy atom. The number of nitrogens with zero attached hydrogens (tertiary/aromatic N) is 1. The topological polar surface area (TPSA) is 15.3 Å². The van der Waals surface area contributed by atoms with Gasteiger partial charge in [0.2, 0.25) is 0 Å². The highest BCUT2D eigenvalue weighted by molar-refractivity contribution is 6.30. The molecular formula is C18H27ClN2. The fourth-order valence-electron chi connectivity index (χ4n) is 4.23. The average molecular weight is 307 g/mol. The second-order valence-electron chi connectivity index (χ2n) is 7.05. The normalized spacial score (nSPS) is 26.4. The summed E-state index contributed by atoms with van der Waals surface area (Å²) >= 11 is 6.06. The van der Waals surface area contributed by atoms with E-state index in [1.165, 1.54) is 44.5 Å². The molecule has 0 aliphatic carbocycles. The van der Waals surface area contributed by atoms with Crippen molar-refractivity contribution in [3.05, 3.63) is 34.9 Å². The zero-order chi connectivity index (χ0) is 14.9. The summed E-state index contributed by atoms with van der Waals surface area (Å²) in [6, 6.07) is 9.23. The number of nitrogens with one attached hydrogen (secondary N) is 1. The van der Waals surface area contributed by atoms with Crippen molar-refractivity contribution < 1.29 is 0 Å². The molecule has 116 valence electrons. The molecule has 1 spiro atoms. The minimum atomic E-state index is 0.491. The number of benzene rings is 1. The van der Waals surface area contributed by atoms with Crippen LogP contribution in [0.4, 0.5) is 0 Å². The molecule has 2 nitrogen and oxygen atoms in total. The zero-order valence-electron chi connectivity index (χ0n) is 13.2. The highest BCUT2D eigenvalue weighted by atomic mass is 35.5. The Balaban J connectivity index is 1.80. The summed E-state index contributed by atoms with van der Waals surface area (Å²) in [5.74, 6) is 0.637. The zero-order valence-corrected chi connectivity index (χ0v) is 14.0. The van der Waals surface area contributed by atoms with Gasteiger partial charge in [-0.3, -0.25) is 0 Å². The molecule has 1 unspecified atom stereocenters. The number of halogens is 1. The van der Waals surface area contributed by atoms with Crippen LogP contribution in [0.25, 0.3) is 0 Å². The van der Waals surface area contributed by atoms with E-state index in [-0.39, 0.29) is 0 Å². The molecule has 2 heterocycles. The lowest BCUT2D eigenvalue weighted by atomic mass is 9.62. The van der Waals surface area contributed by atoms with Crippen molar-refractivity contribution in [2.45, 2.75) is 45.1 Å². The van der Waals surface area contributed by atoms with Gasteiger partial charge in [0, 0.05) is 23.5 Å². The summed E-state index contributed by atoms with van der Waals surface area (Å²) in [4.78, 5) is 2.63. The van der Waals surface area contributed by atoms with Crippen LogP contribution >= 0.6 is 11.6 Å². The first-order valence-corrected chi connectivity index (χ1v) is 8.69. The Bertz CT molecular complexity index is 461. The lowest BCUT2D eigenvalue weighted by molar-refractivity contribution is 0.0406. The number of hydrogen-bond donors (Lipinski definition) is 1. The first-order chi connectivity index (χ1) is 10.1. The van der Waals surface area contributed by atoms with Gasteiger partial charge in [0.15, 0.2) is 0 Å². The number of likely N-dealkylation sites (tertiary alicyclic amines) is 1. The number of hydrogen-bond acceptors (Lipinski definition) is 2. The largest absolute Gasteiger partial charge is 0.316 e. The standard InChI is InChI=1S/C18H27ClN2/c1-14(2)21-11-8-18(9-12-21)7-10-20-13-17(18)15-3-5-16(19)6-4-15/h3-6,14,17,20H,7-13H2,1-2H3. The lowest BCUT2D eigenvalue weighted by Crippen LogP contribution is -2.51. The summed E-state index contributed by atoms with van der Waals surface area (Å²) in [6.07, 6.45) is 3.98. The van der Waals surface area contributed by atoms with Crippen LogP contribution in [0, 0.1) is 5.41 Å². The minimum absolute atomic E-state index is 0.491. The van der Waals surface area contributed by atoms with E-state index >= 15 is 0 Å². The molecule has 0 bridgehead atoms. The second-order valence-corrected chi connectivity index (χ2v) is 7.49. The van der Waals surface area contributed by atoms with Gasteiger partial charge in [-0.05, 0) is 75.9 Å². The van der Waals surface area contributed by atoms with E-state index in [9.17, 15) is 0 Å². The molecule has 0 aromatic heterocycles. The van der Waals surface area contributed by atoms with Gasteiger partial charge < -0.3 is 10.2 Å². The van der Waals surface area contributed by atoms with Crippen molar-refractivity contribution in [3.63, 3.8) is 0 Å². The van der Waals surface area contributed by atoms with Gasteiger partial charge in [0.25, 0.3) is 0 Å². The van der Waals surface area contributed by atoms with Crippen LogP contribution < -0.4 is 5.32 Å². The molecule has 1 aromatic carbocycles. The first kappa shape index (κ1) is 15.3. The summed E-state index contributed by atoms with van der Waals surface area (Å²) in [5, 5.41) is 4.45. The molecule has 0 saturated carbocycles. The number of rotatable bonds is 2. The molecule has 2 saturated heterocycles. The summed E-state index contributed by atoms with van der Waals surface area (Å²) in [7, 11) is 0. The molecule has 2 fully saturated rings. The Labute approximate surface area is 133 Å². The van der Waals surface area contributed by atoms with E-state index in [2.05, 4.69) is 36.2 Å². The van der Waals surface area contributed by atoms with Crippen LogP contribution in [0.15, 0.2) is 24.3 Å². The van der Waals surface area contributed by atoms with Gasteiger partial charge in [0.05, 0.1) is 0 Å². The summed E-state index contributed by atoms with van der Waals surface area (Å²) in [5.41, 5.74) is 1.95. The molecule has 2 aliphatic rings. The quantitative estimate of drug-likeness (QED) is 0.891. The lowest BCUT2D eigenvalue weighted by Gasteiger charge is -2.50. The first-order valence-electron chi connectivity index (χ1n) is 8.31. The predicted octanol–water partition coefficient (Wildman–Crippen LogP) is 3.91. The third-order valence-corrected chi connectivity index (χ3v) is 5.94. The maximum atomic E-state index is 6.06. The average Bonchev–Trinajstić information content (AvgIpc) is 2.49. The van der Waals surface area contributed by atoms with Crippen LogP contribution in [0.3, 0.4) is 0 Å². The van der Waals surface area contributed by atoms with Gasteiger partial charge in [-0.25, -0.2) is 0 Å². The van der Waals surface area contributed by atoms with Crippen LogP contribution in [0.1, 0.15) is 44.6 Å². The van der Waals surface area contributed by atoms with Crippen molar-refractivity contribution in [3.8, 4) is 0 Å². The van der Waals surface area contributed by atoms with E-state index in [0.717, 1.165) is 11.6 Å². The van der Waals surface area contributed by atoms with E-state index < -0.39 is 0 Å². The highest BCUT2D eigenvalue weighted by Crippen LogP contribution is 2.48. The molecule has 3 heteroatoms. The summed E-state index contributed by atoms with van der Waals surface area (Å²) < 4.78 is 0. The SMILES string of the molecule is CC(C)N1CCC2(CCNCC2c2ccc(Cl)cc2)CC1. The van der Waals surface area contributed by atoms with Gasteiger partial charge in [-0.1, -0.05) is 23.7 Å².